The predicted molar refractivity (Wildman–Crippen MR) is 70.0 cm³/mol. The standard InChI is InChI=1S/C11H13N5O2/c1-18-7-5-3-2-4-6(7)14-11-15-9(13)8(12)10(17)16-11/h2-5H,12H2,1H3,(H4,13,14,15,16,17). The number of H-pyrrole nitrogens is 1. The molecule has 1 heterocycles. The van der Waals surface area contributed by atoms with Crippen LogP contribution in [0.4, 0.5) is 23.1 Å². The summed E-state index contributed by atoms with van der Waals surface area (Å²) in [6.45, 7) is 0. The molecule has 6 N–H and O–H groups in total. The molecule has 7 nitrogen and oxygen atoms in total. The molecule has 0 aliphatic heterocycles. The molecule has 0 saturated heterocycles. The van der Waals surface area contributed by atoms with Crippen LogP contribution in [0.2, 0.25) is 0 Å². The summed E-state index contributed by atoms with van der Waals surface area (Å²) >= 11 is 0. The number of benzene rings is 1. The monoisotopic (exact) mass is 247 g/mol. The number of aromatic nitrogens is 2. The van der Waals surface area contributed by atoms with Crippen molar-refractivity contribution in [1.82, 2.24) is 9.97 Å². The van der Waals surface area contributed by atoms with E-state index in [1.807, 2.05) is 12.1 Å². The topological polar surface area (TPSA) is 119 Å². The van der Waals surface area contributed by atoms with Gasteiger partial charge >= 0.3 is 0 Å². The number of rotatable bonds is 3. The molecule has 0 spiro atoms. The Morgan fingerprint density at radius 3 is 2.72 bits per heavy atom. The maximum atomic E-state index is 11.4. The maximum absolute atomic E-state index is 11.4. The van der Waals surface area contributed by atoms with Crippen LogP contribution in [0.25, 0.3) is 0 Å². The van der Waals surface area contributed by atoms with E-state index in [-0.39, 0.29) is 17.5 Å². The Bertz CT molecular complexity index is 623. The second-order valence-electron chi connectivity index (χ2n) is 3.54. The summed E-state index contributed by atoms with van der Waals surface area (Å²) in [5, 5.41) is 2.91. The highest BCUT2D eigenvalue weighted by Crippen LogP contribution is 2.25. The third-order valence-electron chi connectivity index (χ3n) is 2.34. The number of methoxy groups -OCH3 is 1. The van der Waals surface area contributed by atoms with Gasteiger partial charge in [-0.15, -0.1) is 0 Å². The number of para-hydroxylation sites is 2. The zero-order chi connectivity index (χ0) is 13.1. The lowest BCUT2D eigenvalue weighted by Crippen LogP contribution is -2.17. The van der Waals surface area contributed by atoms with Gasteiger partial charge in [-0.2, -0.15) is 4.98 Å². The zero-order valence-electron chi connectivity index (χ0n) is 9.73. The van der Waals surface area contributed by atoms with Crippen LogP contribution in [0.15, 0.2) is 29.1 Å². The minimum absolute atomic E-state index is 0.0175. The Balaban J connectivity index is 2.37. The lowest BCUT2D eigenvalue weighted by molar-refractivity contribution is 0.417. The molecular formula is C11H13N5O2. The van der Waals surface area contributed by atoms with Gasteiger partial charge in [-0.25, -0.2) is 0 Å². The Kier molecular flexibility index (Phi) is 3.05. The number of nitrogen functional groups attached to an aromatic ring is 2. The van der Waals surface area contributed by atoms with Gasteiger partial charge in [-0.05, 0) is 12.1 Å². The summed E-state index contributed by atoms with van der Waals surface area (Å²) in [6.07, 6.45) is 0. The smallest absolute Gasteiger partial charge is 0.277 e. The minimum atomic E-state index is -0.486. The molecule has 1 aromatic heterocycles. The van der Waals surface area contributed by atoms with E-state index in [0.29, 0.717) is 11.4 Å². The van der Waals surface area contributed by atoms with Crippen molar-refractivity contribution >= 4 is 23.1 Å². The molecule has 18 heavy (non-hydrogen) atoms. The third kappa shape index (κ3) is 2.19. The van der Waals surface area contributed by atoms with Gasteiger partial charge in [0.05, 0.1) is 12.8 Å². The fourth-order valence-corrected chi connectivity index (χ4v) is 1.43. The molecule has 0 unspecified atom stereocenters. The number of aromatic amines is 1. The van der Waals surface area contributed by atoms with Crippen LogP contribution in [-0.4, -0.2) is 17.1 Å². The number of ether oxygens (including phenoxy) is 1. The molecule has 7 heteroatoms. The Labute approximate surface area is 103 Å². The van der Waals surface area contributed by atoms with E-state index in [9.17, 15) is 4.79 Å². The zero-order valence-corrected chi connectivity index (χ0v) is 9.73. The molecule has 0 atom stereocenters. The van der Waals surface area contributed by atoms with Crippen LogP contribution in [0.5, 0.6) is 5.75 Å². The van der Waals surface area contributed by atoms with Crippen molar-refractivity contribution in [2.75, 3.05) is 23.9 Å². The molecule has 0 saturated carbocycles. The van der Waals surface area contributed by atoms with Crippen LogP contribution in [0.1, 0.15) is 0 Å². The lowest BCUT2D eigenvalue weighted by Gasteiger charge is -2.10. The van der Waals surface area contributed by atoms with Crippen molar-refractivity contribution < 1.29 is 4.74 Å². The quantitative estimate of drug-likeness (QED) is 0.633. The van der Waals surface area contributed by atoms with Crippen molar-refractivity contribution in [3.05, 3.63) is 34.6 Å². The highest BCUT2D eigenvalue weighted by molar-refractivity contribution is 5.65. The van der Waals surface area contributed by atoms with Crippen LogP contribution in [0.3, 0.4) is 0 Å². The summed E-state index contributed by atoms with van der Waals surface area (Å²) in [5.74, 6) is 0.808. The Morgan fingerprint density at radius 1 is 1.33 bits per heavy atom. The Hall–Kier alpha value is -2.70. The predicted octanol–water partition coefficient (Wildman–Crippen LogP) is 0.686. The van der Waals surface area contributed by atoms with E-state index in [1.165, 1.54) is 0 Å². The molecule has 0 aliphatic carbocycles. The largest absolute Gasteiger partial charge is 0.495 e. The van der Waals surface area contributed by atoms with E-state index >= 15 is 0 Å². The Morgan fingerprint density at radius 2 is 2.06 bits per heavy atom. The van der Waals surface area contributed by atoms with Crippen LogP contribution in [0, 0.1) is 0 Å². The maximum Gasteiger partial charge on any atom is 0.277 e. The minimum Gasteiger partial charge on any atom is -0.495 e. The van der Waals surface area contributed by atoms with Gasteiger partial charge in [0.25, 0.3) is 5.56 Å². The van der Waals surface area contributed by atoms with Crippen LogP contribution >= 0.6 is 0 Å². The summed E-state index contributed by atoms with van der Waals surface area (Å²) in [6, 6.07) is 7.22. The van der Waals surface area contributed by atoms with Gasteiger partial charge in [-0.1, -0.05) is 12.1 Å². The fraction of sp³-hybridized carbons (Fsp3) is 0.0909. The van der Waals surface area contributed by atoms with Gasteiger partial charge in [0.15, 0.2) is 5.82 Å². The average molecular weight is 247 g/mol. The van der Waals surface area contributed by atoms with Crippen molar-refractivity contribution in [1.29, 1.82) is 0 Å². The van der Waals surface area contributed by atoms with E-state index < -0.39 is 5.56 Å². The summed E-state index contributed by atoms with van der Waals surface area (Å²) < 4.78 is 5.16. The molecule has 2 aromatic rings. The first kappa shape index (κ1) is 11.8. The summed E-state index contributed by atoms with van der Waals surface area (Å²) in [7, 11) is 1.55. The van der Waals surface area contributed by atoms with Gasteiger partial charge in [0.2, 0.25) is 5.95 Å². The summed E-state index contributed by atoms with van der Waals surface area (Å²) in [5.41, 5.74) is 11.0. The first-order valence-corrected chi connectivity index (χ1v) is 5.17. The van der Waals surface area contributed by atoms with E-state index in [2.05, 4.69) is 15.3 Å². The fourth-order valence-electron chi connectivity index (χ4n) is 1.43. The van der Waals surface area contributed by atoms with Crippen molar-refractivity contribution in [3.8, 4) is 5.75 Å². The lowest BCUT2D eigenvalue weighted by atomic mass is 10.3. The van der Waals surface area contributed by atoms with E-state index in [1.54, 1.807) is 19.2 Å². The number of hydrogen-bond donors (Lipinski definition) is 4. The normalized spacial score (nSPS) is 10.1. The molecule has 2 rings (SSSR count). The number of nitrogens with zero attached hydrogens (tertiary/aromatic N) is 1. The number of nitrogens with one attached hydrogen (secondary N) is 2. The second kappa shape index (κ2) is 4.66. The summed E-state index contributed by atoms with van der Waals surface area (Å²) in [4.78, 5) is 17.8. The van der Waals surface area contributed by atoms with Gasteiger partial charge in [-0.3, -0.25) is 9.78 Å². The number of hydrogen-bond acceptors (Lipinski definition) is 6. The van der Waals surface area contributed by atoms with Gasteiger partial charge in [0.1, 0.15) is 11.4 Å². The molecule has 0 aliphatic rings. The highest BCUT2D eigenvalue weighted by atomic mass is 16.5. The molecule has 0 amide bonds. The van der Waals surface area contributed by atoms with Gasteiger partial charge in [0, 0.05) is 0 Å². The number of anilines is 4. The molecule has 0 fully saturated rings. The van der Waals surface area contributed by atoms with Gasteiger partial charge < -0.3 is 21.5 Å². The molecular weight excluding hydrogens is 234 g/mol. The van der Waals surface area contributed by atoms with Crippen molar-refractivity contribution in [3.63, 3.8) is 0 Å². The molecule has 0 bridgehead atoms. The van der Waals surface area contributed by atoms with Crippen LogP contribution < -0.4 is 27.1 Å². The van der Waals surface area contributed by atoms with E-state index in [0.717, 1.165) is 0 Å². The second-order valence-corrected chi connectivity index (χ2v) is 3.54. The van der Waals surface area contributed by atoms with Crippen molar-refractivity contribution in [2.45, 2.75) is 0 Å². The molecule has 94 valence electrons. The van der Waals surface area contributed by atoms with Crippen molar-refractivity contribution in [2.24, 2.45) is 0 Å². The SMILES string of the molecule is COc1ccccc1Nc1nc(N)c(N)c(=O)[nH]1. The number of nitrogens with two attached hydrogens (primary N) is 2. The van der Waals surface area contributed by atoms with Crippen LogP contribution in [-0.2, 0) is 0 Å². The third-order valence-corrected chi connectivity index (χ3v) is 2.34. The van der Waals surface area contributed by atoms with E-state index in [4.69, 9.17) is 16.2 Å². The molecule has 1 aromatic carbocycles. The average Bonchev–Trinajstić information content (AvgIpc) is 2.36. The first-order chi connectivity index (χ1) is 8.61. The highest BCUT2D eigenvalue weighted by Gasteiger charge is 2.07. The first-order valence-electron chi connectivity index (χ1n) is 5.17. The molecule has 0 radical (unpaired) electrons.